The molecule has 1 aliphatic rings. The Balaban J connectivity index is 2.49. The summed E-state index contributed by atoms with van der Waals surface area (Å²) in [7, 11) is 0. The molecular weight excluding hydrogens is 344 g/mol. The molecule has 0 aromatic carbocycles. The quantitative estimate of drug-likeness (QED) is 0.351. The van der Waals surface area contributed by atoms with E-state index < -0.39 is 0 Å². The van der Waals surface area contributed by atoms with Crippen LogP contribution in [0.4, 0.5) is 0 Å². The van der Waals surface area contributed by atoms with E-state index in [0.29, 0.717) is 17.8 Å². The van der Waals surface area contributed by atoms with Gasteiger partial charge in [0.15, 0.2) is 0 Å². The summed E-state index contributed by atoms with van der Waals surface area (Å²) in [5, 5.41) is -0.0741. The van der Waals surface area contributed by atoms with Crippen LogP contribution in [0.15, 0.2) is 46.3 Å². The fourth-order valence-corrected chi connectivity index (χ4v) is 3.77. The summed E-state index contributed by atoms with van der Waals surface area (Å²) in [6.07, 6.45) is 11.7. The Morgan fingerprint density at radius 3 is 2.15 bits per heavy atom. The van der Waals surface area contributed by atoms with Crippen molar-refractivity contribution in [2.24, 2.45) is 0 Å². The average Bonchev–Trinajstić information content (AvgIpc) is 2.80. The monoisotopic (exact) mass is 376 g/mol. The number of thioether (sulfide) groups is 1. The molecule has 0 radical (unpaired) electrons. The Hall–Kier alpha value is -1.55. The van der Waals surface area contributed by atoms with E-state index in [0.717, 1.165) is 25.7 Å². The molecule has 0 bridgehead atoms. The summed E-state index contributed by atoms with van der Waals surface area (Å²) in [5.41, 5.74) is 4.68. The number of allylic oxidation sites excluding steroid dienone is 6. The fourth-order valence-electron chi connectivity index (χ4n) is 2.71. The van der Waals surface area contributed by atoms with Crippen LogP contribution in [0, 0.1) is 0 Å². The normalized spacial score (nSPS) is 18.4. The van der Waals surface area contributed by atoms with Gasteiger partial charge >= 0.3 is 5.97 Å². The number of rotatable bonds is 9. The third-order valence-corrected chi connectivity index (χ3v) is 5.49. The molecule has 0 saturated heterocycles. The van der Waals surface area contributed by atoms with Crippen molar-refractivity contribution in [1.82, 2.24) is 0 Å². The van der Waals surface area contributed by atoms with Crippen molar-refractivity contribution in [3.63, 3.8) is 0 Å². The van der Waals surface area contributed by atoms with Crippen molar-refractivity contribution in [2.75, 3.05) is 0 Å². The molecule has 0 N–H and O–H groups in total. The maximum atomic E-state index is 11.9. The largest absolute Gasteiger partial charge is 0.430 e. The van der Waals surface area contributed by atoms with Gasteiger partial charge in [-0.1, -0.05) is 46.7 Å². The van der Waals surface area contributed by atoms with Gasteiger partial charge in [-0.25, -0.2) is 0 Å². The third kappa shape index (κ3) is 8.22. The van der Waals surface area contributed by atoms with E-state index in [4.69, 9.17) is 4.74 Å². The zero-order chi connectivity index (χ0) is 19.7. The second-order valence-corrected chi connectivity index (χ2v) is 8.35. The van der Waals surface area contributed by atoms with E-state index in [2.05, 4.69) is 45.9 Å². The second kappa shape index (κ2) is 11.2. The van der Waals surface area contributed by atoms with Crippen LogP contribution in [-0.2, 0) is 14.3 Å². The molecule has 3 nitrogen and oxygen atoms in total. The number of hydrogen-bond acceptors (Lipinski definition) is 4. The number of ether oxygens (including phenoxy) is 1. The van der Waals surface area contributed by atoms with Gasteiger partial charge in [0.1, 0.15) is 5.76 Å². The predicted molar refractivity (Wildman–Crippen MR) is 111 cm³/mol. The van der Waals surface area contributed by atoms with Crippen molar-refractivity contribution in [1.29, 1.82) is 0 Å². The Bertz CT molecular complexity index is 646. The number of carbonyl (C=O) groups is 2. The summed E-state index contributed by atoms with van der Waals surface area (Å²) in [5.74, 6) is 0.167. The third-order valence-electron chi connectivity index (χ3n) is 4.27. The summed E-state index contributed by atoms with van der Waals surface area (Å²) in [4.78, 5) is 23.1. The molecule has 0 amide bonds. The Kier molecular flexibility index (Phi) is 9.71. The molecule has 26 heavy (non-hydrogen) atoms. The van der Waals surface area contributed by atoms with Crippen molar-refractivity contribution in [3.05, 3.63) is 46.3 Å². The molecule has 0 fully saturated rings. The van der Waals surface area contributed by atoms with Gasteiger partial charge < -0.3 is 4.74 Å². The highest BCUT2D eigenvalue weighted by Gasteiger charge is 2.32. The molecule has 0 saturated carbocycles. The molecular formula is C22H32O3S. The van der Waals surface area contributed by atoms with Crippen LogP contribution < -0.4 is 0 Å². The minimum Gasteiger partial charge on any atom is -0.430 e. The highest BCUT2D eigenvalue weighted by Crippen LogP contribution is 2.37. The van der Waals surface area contributed by atoms with Gasteiger partial charge in [-0.3, -0.25) is 9.59 Å². The van der Waals surface area contributed by atoms with E-state index in [-0.39, 0.29) is 16.3 Å². The van der Waals surface area contributed by atoms with Crippen molar-refractivity contribution in [2.45, 2.75) is 78.9 Å². The van der Waals surface area contributed by atoms with Gasteiger partial charge in [0.2, 0.25) is 5.12 Å². The van der Waals surface area contributed by atoms with Crippen LogP contribution in [0.3, 0.4) is 0 Å². The zero-order valence-electron chi connectivity index (χ0n) is 17.0. The zero-order valence-corrected chi connectivity index (χ0v) is 17.8. The first-order chi connectivity index (χ1) is 12.2. The second-order valence-electron chi connectivity index (χ2n) is 7.17. The van der Waals surface area contributed by atoms with Crippen LogP contribution >= 0.6 is 11.8 Å². The van der Waals surface area contributed by atoms with Crippen LogP contribution in [0.2, 0.25) is 0 Å². The van der Waals surface area contributed by atoms with Crippen molar-refractivity contribution >= 4 is 22.8 Å². The van der Waals surface area contributed by atoms with Crippen LogP contribution in [0.5, 0.6) is 0 Å². The van der Waals surface area contributed by atoms with Crippen LogP contribution in [0.1, 0.15) is 73.6 Å². The molecule has 0 aromatic heterocycles. The summed E-state index contributed by atoms with van der Waals surface area (Å²) < 4.78 is 5.26. The van der Waals surface area contributed by atoms with Crippen molar-refractivity contribution in [3.8, 4) is 0 Å². The van der Waals surface area contributed by atoms with Crippen molar-refractivity contribution < 1.29 is 14.3 Å². The molecule has 1 atom stereocenters. The van der Waals surface area contributed by atoms with Gasteiger partial charge in [-0.05, 0) is 66.7 Å². The summed E-state index contributed by atoms with van der Waals surface area (Å²) in [6.45, 7) is 11.7. The molecule has 1 heterocycles. The SMILES string of the molecule is CC(=O)OC1=C(C)C(=O)SC1CC=C(C)CCC=C(C)CCC=C(C)C. The van der Waals surface area contributed by atoms with E-state index in [1.165, 1.54) is 35.4 Å². The summed E-state index contributed by atoms with van der Waals surface area (Å²) in [6, 6.07) is 0. The lowest BCUT2D eigenvalue weighted by Crippen LogP contribution is -2.09. The Morgan fingerprint density at radius 2 is 1.58 bits per heavy atom. The topological polar surface area (TPSA) is 43.4 Å². The van der Waals surface area contributed by atoms with Crippen LogP contribution in [0.25, 0.3) is 0 Å². The van der Waals surface area contributed by atoms with Crippen LogP contribution in [-0.4, -0.2) is 16.3 Å². The van der Waals surface area contributed by atoms with Gasteiger partial charge in [0, 0.05) is 12.5 Å². The average molecular weight is 377 g/mol. The minimum absolute atomic E-state index is 0.00669. The predicted octanol–water partition coefficient (Wildman–Crippen LogP) is 6.27. The highest BCUT2D eigenvalue weighted by atomic mass is 32.2. The fraction of sp³-hybridized carbons (Fsp3) is 0.545. The molecule has 4 heteroatoms. The van der Waals surface area contributed by atoms with Gasteiger partial charge in [0.25, 0.3) is 0 Å². The molecule has 1 aliphatic heterocycles. The highest BCUT2D eigenvalue weighted by molar-refractivity contribution is 8.15. The maximum Gasteiger partial charge on any atom is 0.307 e. The molecule has 1 rings (SSSR count). The van der Waals surface area contributed by atoms with Gasteiger partial charge in [0.05, 0.1) is 5.25 Å². The summed E-state index contributed by atoms with van der Waals surface area (Å²) >= 11 is 1.25. The number of carbonyl (C=O) groups excluding carboxylic acids is 2. The van der Waals surface area contributed by atoms with Gasteiger partial charge in [-0.15, -0.1) is 0 Å². The molecule has 144 valence electrons. The first-order valence-corrected chi connectivity index (χ1v) is 10.1. The first-order valence-electron chi connectivity index (χ1n) is 9.25. The molecule has 1 unspecified atom stereocenters. The lowest BCUT2D eigenvalue weighted by atomic mass is 10.0. The van der Waals surface area contributed by atoms with Gasteiger partial charge in [-0.2, -0.15) is 0 Å². The Morgan fingerprint density at radius 1 is 1.00 bits per heavy atom. The lowest BCUT2D eigenvalue weighted by Gasteiger charge is -2.11. The number of hydrogen-bond donors (Lipinski definition) is 0. The van der Waals surface area contributed by atoms with E-state index in [1.54, 1.807) is 6.92 Å². The number of esters is 1. The van der Waals surface area contributed by atoms with E-state index in [1.807, 2.05) is 0 Å². The molecule has 0 aliphatic carbocycles. The standard InChI is InChI=1S/C22H32O3S/c1-15(2)9-7-10-16(3)11-8-12-17(4)13-14-20-21(25-19(6)23)18(5)22(24)26-20/h9,11,13,20H,7-8,10,12,14H2,1-6H3. The van der Waals surface area contributed by atoms with E-state index in [9.17, 15) is 9.59 Å². The Labute approximate surface area is 162 Å². The van der Waals surface area contributed by atoms with E-state index >= 15 is 0 Å². The smallest absolute Gasteiger partial charge is 0.307 e. The first kappa shape index (κ1) is 22.5. The minimum atomic E-state index is -0.367. The lowest BCUT2D eigenvalue weighted by molar-refractivity contribution is -0.137. The molecule has 0 spiro atoms. The maximum absolute atomic E-state index is 11.9. The molecule has 0 aromatic rings.